The van der Waals surface area contributed by atoms with Crippen molar-refractivity contribution in [3.8, 4) is 11.3 Å². The summed E-state index contributed by atoms with van der Waals surface area (Å²) in [5.74, 6) is -0.567. The van der Waals surface area contributed by atoms with Crippen molar-refractivity contribution < 1.29 is 30.8 Å². The second-order valence-electron chi connectivity index (χ2n) is 7.79. The van der Waals surface area contributed by atoms with E-state index in [1.54, 1.807) is 48.5 Å². The number of pyridine rings is 1. The molecule has 0 spiro atoms. The number of alkyl halides is 3. The zero-order chi connectivity index (χ0) is 25.2. The molecule has 0 aliphatic carbocycles. The SMILES string of the molecule is CC(NS(=O)(=O)c1cc2ccccc2o1)C(=O)NCc1cccc(-c2ccc(C(F)(F)F)cn2)c1. The van der Waals surface area contributed by atoms with Crippen molar-refractivity contribution >= 4 is 26.9 Å². The largest absolute Gasteiger partial charge is 0.443 e. The third kappa shape index (κ3) is 5.69. The average Bonchev–Trinajstić information content (AvgIpc) is 3.27. The maximum Gasteiger partial charge on any atom is 0.417 e. The fraction of sp³-hybridized carbons (Fsp3) is 0.167. The zero-order valence-corrected chi connectivity index (χ0v) is 19.2. The smallest absolute Gasteiger partial charge is 0.417 e. The van der Waals surface area contributed by atoms with Gasteiger partial charge in [0.2, 0.25) is 11.0 Å². The third-order valence-corrected chi connectivity index (χ3v) is 6.57. The lowest BCUT2D eigenvalue weighted by atomic mass is 10.1. The van der Waals surface area contributed by atoms with Crippen LogP contribution in [0.25, 0.3) is 22.2 Å². The molecule has 4 rings (SSSR count). The number of furan rings is 1. The number of nitrogens with one attached hydrogen (secondary N) is 2. The number of amides is 1. The monoisotopic (exact) mass is 503 g/mol. The van der Waals surface area contributed by atoms with Crippen LogP contribution >= 0.6 is 0 Å². The van der Waals surface area contributed by atoms with Crippen molar-refractivity contribution in [3.63, 3.8) is 0 Å². The highest BCUT2D eigenvalue weighted by molar-refractivity contribution is 7.89. The molecule has 2 aromatic carbocycles. The first kappa shape index (κ1) is 24.4. The van der Waals surface area contributed by atoms with Gasteiger partial charge in [0.25, 0.3) is 10.0 Å². The van der Waals surface area contributed by atoms with Crippen molar-refractivity contribution in [3.05, 3.63) is 84.1 Å². The van der Waals surface area contributed by atoms with Gasteiger partial charge < -0.3 is 9.73 Å². The highest BCUT2D eigenvalue weighted by Gasteiger charge is 2.30. The number of benzene rings is 2. The lowest BCUT2D eigenvalue weighted by Gasteiger charge is -2.14. The van der Waals surface area contributed by atoms with Crippen LogP contribution in [-0.4, -0.2) is 25.4 Å². The van der Waals surface area contributed by atoms with Crippen LogP contribution in [0.1, 0.15) is 18.1 Å². The van der Waals surface area contributed by atoms with E-state index in [1.165, 1.54) is 19.1 Å². The Balaban J connectivity index is 1.39. The molecule has 35 heavy (non-hydrogen) atoms. The molecular formula is C24H20F3N3O4S. The lowest BCUT2D eigenvalue weighted by Crippen LogP contribution is -2.44. The maximum absolute atomic E-state index is 12.7. The summed E-state index contributed by atoms with van der Waals surface area (Å²) in [6.45, 7) is 1.47. The predicted octanol–water partition coefficient (Wildman–Crippen LogP) is 4.50. The molecule has 7 nitrogen and oxygen atoms in total. The number of carbonyl (C=O) groups is 1. The molecule has 1 unspecified atom stereocenters. The Morgan fingerprint density at radius 1 is 1.06 bits per heavy atom. The highest BCUT2D eigenvalue weighted by atomic mass is 32.2. The number of carbonyl (C=O) groups excluding carboxylic acids is 1. The topological polar surface area (TPSA) is 101 Å². The number of para-hydroxylation sites is 1. The Bertz CT molecular complexity index is 1430. The first-order valence-corrected chi connectivity index (χ1v) is 11.9. The van der Waals surface area contributed by atoms with Crippen LogP contribution < -0.4 is 10.0 Å². The normalized spacial score (nSPS) is 13.0. The summed E-state index contributed by atoms with van der Waals surface area (Å²) >= 11 is 0. The van der Waals surface area contributed by atoms with Crippen LogP contribution in [0.3, 0.4) is 0 Å². The summed E-state index contributed by atoms with van der Waals surface area (Å²) in [6.07, 6.45) is -3.71. The first-order valence-electron chi connectivity index (χ1n) is 10.4. The minimum atomic E-state index is -4.47. The average molecular weight is 504 g/mol. The summed E-state index contributed by atoms with van der Waals surface area (Å²) in [6, 6.07) is 16.1. The van der Waals surface area contributed by atoms with Gasteiger partial charge in [-0.2, -0.15) is 17.9 Å². The molecular weight excluding hydrogens is 483 g/mol. The molecule has 2 N–H and O–H groups in total. The van der Waals surface area contributed by atoms with Gasteiger partial charge in [-0.25, -0.2) is 8.42 Å². The molecule has 0 fully saturated rings. The molecule has 0 saturated carbocycles. The predicted molar refractivity (Wildman–Crippen MR) is 123 cm³/mol. The van der Waals surface area contributed by atoms with E-state index >= 15 is 0 Å². The van der Waals surface area contributed by atoms with E-state index in [1.807, 2.05) is 0 Å². The molecule has 0 bridgehead atoms. The van der Waals surface area contributed by atoms with Gasteiger partial charge in [-0.1, -0.05) is 36.4 Å². The lowest BCUT2D eigenvalue weighted by molar-refractivity contribution is -0.137. The van der Waals surface area contributed by atoms with E-state index in [0.717, 1.165) is 12.3 Å². The number of halogens is 3. The Hall–Kier alpha value is -3.70. The third-order valence-electron chi connectivity index (χ3n) is 5.17. The summed E-state index contributed by atoms with van der Waals surface area (Å²) in [7, 11) is -4.07. The van der Waals surface area contributed by atoms with Crippen molar-refractivity contribution in [1.29, 1.82) is 0 Å². The van der Waals surface area contributed by atoms with E-state index in [9.17, 15) is 26.4 Å². The van der Waals surface area contributed by atoms with Gasteiger partial charge in [-0.05, 0) is 36.8 Å². The zero-order valence-electron chi connectivity index (χ0n) is 18.3. The summed E-state index contributed by atoms with van der Waals surface area (Å²) in [4.78, 5) is 16.4. The standard InChI is InChI=1S/C24H20F3N3O4S/c1-15(30-35(32,33)22-12-18-6-2-3-8-21(18)34-22)23(31)29-13-16-5-4-7-17(11-16)20-10-9-19(14-28-20)24(25,26)27/h2-12,14-15,30H,13H2,1H3,(H,29,31). The molecule has 0 radical (unpaired) electrons. The molecule has 182 valence electrons. The number of aromatic nitrogens is 1. The van der Waals surface area contributed by atoms with Gasteiger partial charge in [0.1, 0.15) is 5.58 Å². The number of sulfonamides is 1. The van der Waals surface area contributed by atoms with Crippen LogP contribution in [0.15, 0.2) is 82.4 Å². The van der Waals surface area contributed by atoms with Gasteiger partial charge in [-0.3, -0.25) is 9.78 Å². The van der Waals surface area contributed by atoms with Crippen molar-refractivity contribution in [2.75, 3.05) is 0 Å². The van der Waals surface area contributed by atoms with E-state index in [-0.39, 0.29) is 11.6 Å². The van der Waals surface area contributed by atoms with E-state index in [2.05, 4.69) is 15.0 Å². The van der Waals surface area contributed by atoms with Crippen LogP contribution in [-0.2, 0) is 27.5 Å². The van der Waals surface area contributed by atoms with Gasteiger partial charge in [-0.15, -0.1) is 0 Å². The second kappa shape index (κ2) is 9.51. The highest BCUT2D eigenvalue weighted by Crippen LogP contribution is 2.30. The Morgan fingerprint density at radius 2 is 1.83 bits per heavy atom. The molecule has 0 saturated heterocycles. The Labute approximate surface area is 199 Å². The van der Waals surface area contributed by atoms with Crippen LogP contribution in [0.5, 0.6) is 0 Å². The van der Waals surface area contributed by atoms with Crippen molar-refractivity contribution in [2.24, 2.45) is 0 Å². The van der Waals surface area contributed by atoms with E-state index in [0.29, 0.717) is 27.8 Å². The fourth-order valence-corrected chi connectivity index (χ4v) is 4.52. The first-order chi connectivity index (χ1) is 16.5. The molecule has 1 atom stereocenters. The number of hydrogen-bond donors (Lipinski definition) is 2. The van der Waals surface area contributed by atoms with Crippen LogP contribution in [0.2, 0.25) is 0 Å². The van der Waals surface area contributed by atoms with Gasteiger partial charge >= 0.3 is 6.18 Å². The Kier molecular flexibility index (Phi) is 6.64. The van der Waals surface area contributed by atoms with E-state index in [4.69, 9.17) is 4.42 Å². The van der Waals surface area contributed by atoms with Crippen molar-refractivity contribution in [1.82, 2.24) is 15.0 Å². The second-order valence-corrected chi connectivity index (χ2v) is 9.44. The number of nitrogens with zero attached hydrogens (tertiary/aromatic N) is 1. The molecule has 1 amide bonds. The molecule has 0 aliphatic heterocycles. The number of rotatable bonds is 7. The minimum absolute atomic E-state index is 0.0734. The van der Waals surface area contributed by atoms with Gasteiger partial charge in [0.05, 0.1) is 17.3 Å². The van der Waals surface area contributed by atoms with Gasteiger partial charge in [0.15, 0.2) is 0 Å². The van der Waals surface area contributed by atoms with Crippen LogP contribution in [0.4, 0.5) is 13.2 Å². The number of hydrogen-bond acceptors (Lipinski definition) is 5. The van der Waals surface area contributed by atoms with Crippen LogP contribution in [0, 0.1) is 0 Å². The summed E-state index contributed by atoms with van der Waals surface area (Å²) in [5, 5.41) is 2.96. The molecule has 4 aromatic rings. The maximum atomic E-state index is 12.7. The summed E-state index contributed by atoms with van der Waals surface area (Å²) < 4.78 is 71.1. The fourth-order valence-electron chi connectivity index (χ4n) is 3.35. The summed E-state index contributed by atoms with van der Waals surface area (Å²) in [5.41, 5.74) is 1.14. The van der Waals surface area contributed by atoms with Gasteiger partial charge in [0, 0.05) is 29.8 Å². The molecule has 2 heterocycles. The molecule has 0 aliphatic rings. The number of fused-ring (bicyclic) bond motifs is 1. The minimum Gasteiger partial charge on any atom is -0.443 e. The van der Waals surface area contributed by atoms with Crippen molar-refractivity contribution in [2.45, 2.75) is 30.8 Å². The molecule has 11 heteroatoms. The quantitative estimate of drug-likeness (QED) is 0.387. The molecule has 2 aromatic heterocycles. The Morgan fingerprint density at radius 3 is 2.51 bits per heavy atom. The van der Waals surface area contributed by atoms with E-state index < -0.39 is 33.7 Å².